The molecule has 1 aliphatic rings. The molecule has 0 radical (unpaired) electrons. The lowest BCUT2D eigenvalue weighted by Gasteiger charge is -2.15. The summed E-state index contributed by atoms with van der Waals surface area (Å²) < 4.78 is 59.8. The van der Waals surface area contributed by atoms with Crippen LogP contribution < -0.4 is 0 Å². The molecule has 0 saturated carbocycles. The maximum atomic E-state index is 12.5. The predicted octanol–water partition coefficient (Wildman–Crippen LogP) is 1.54. The molecule has 1 aliphatic heterocycles. The van der Waals surface area contributed by atoms with Crippen molar-refractivity contribution in [2.75, 3.05) is 25.1 Å². The zero-order valence-electron chi connectivity index (χ0n) is 11.3. The van der Waals surface area contributed by atoms with Crippen LogP contribution in [-0.2, 0) is 16.0 Å². The summed E-state index contributed by atoms with van der Waals surface area (Å²) in [6, 6.07) is 0.770. The molecule has 1 saturated heterocycles. The van der Waals surface area contributed by atoms with Crippen LogP contribution in [0.15, 0.2) is 12.3 Å². The Balaban J connectivity index is 2.03. The number of H-pyrrole nitrogens is 1. The summed E-state index contributed by atoms with van der Waals surface area (Å²) in [5.41, 5.74) is -1.04. The largest absolute Gasteiger partial charge is 0.431 e. The van der Waals surface area contributed by atoms with Gasteiger partial charge in [-0.1, -0.05) is 0 Å². The number of sulfone groups is 1. The first-order valence-electron chi connectivity index (χ1n) is 6.29. The topological polar surface area (TPSA) is 70.2 Å². The van der Waals surface area contributed by atoms with Crippen LogP contribution in [0.3, 0.4) is 0 Å². The smallest absolute Gasteiger partial charge is 0.357 e. The van der Waals surface area contributed by atoms with E-state index in [1.807, 2.05) is 4.98 Å². The van der Waals surface area contributed by atoms with Crippen LogP contribution in [0.1, 0.15) is 22.5 Å². The molecule has 2 heterocycles. The Kier molecular flexibility index (Phi) is 4.05. The van der Waals surface area contributed by atoms with E-state index in [1.54, 1.807) is 0 Å². The molecule has 2 rings (SSSR count). The molecule has 0 spiro atoms. The number of halogens is 3. The van der Waals surface area contributed by atoms with Gasteiger partial charge in [0.25, 0.3) is 5.91 Å². The summed E-state index contributed by atoms with van der Waals surface area (Å²) in [4.78, 5) is 15.5. The highest BCUT2D eigenvalue weighted by Gasteiger charge is 2.34. The average Bonchev–Trinajstić information content (AvgIpc) is 2.92. The fraction of sp³-hybridized carbons (Fsp3) is 0.583. The summed E-state index contributed by atoms with van der Waals surface area (Å²) in [7, 11) is -3.13. The highest BCUT2D eigenvalue weighted by molar-refractivity contribution is 7.90. The molecule has 0 aromatic carbocycles. The fourth-order valence-corrected chi connectivity index (χ4v) is 3.57. The number of hydrogen-bond donors (Lipinski definition) is 1. The van der Waals surface area contributed by atoms with E-state index in [0.29, 0.717) is 13.0 Å². The molecular weight excluding hydrogens is 309 g/mol. The molecule has 1 N–H and O–H groups in total. The number of likely N-dealkylation sites (tertiary alicyclic amines) is 1. The molecule has 0 aliphatic carbocycles. The molecule has 5 nitrogen and oxygen atoms in total. The normalized spacial score (nSPS) is 20.0. The molecular formula is C12H15F3N2O3S. The average molecular weight is 324 g/mol. The molecule has 1 fully saturated rings. The number of carbonyl (C=O) groups excluding carboxylic acids is 1. The highest BCUT2D eigenvalue weighted by Crippen LogP contribution is 2.29. The van der Waals surface area contributed by atoms with Crippen molar-refractivity contribution in [3.05, 3.63) is 23.5 Å². The van der Waals surface area contributed by atoms with E-state index in [9.17, 15) is 26.4 Å². The number of aromatic amines is 1. The third-order valence-corrected chi connectivity index (χ3v) is 4.42. The first-order chi connectivity index (χ1) is 9.56. The van der Waals surface area contributed by atoms with Crippen LogP contribution in [-0.4, -0.2) is 49.3 Å². The van der Waals surface area contributed by atoms with E-state index in [1.165, 1.54) is 4.90 Å². The molecule has 1 aromatic rings. The van der Waals surface area contributed by atoms with Crippen molar-refractivity contribution >= 4 is 15.7 Å². The molecule has 1 amide bonds. The van der Waals surface area contributed by atoms with Crippen LogP contribution in [0.5, 0.6) is 0 Å². The van der Waals surface area contributed by atoms with Crippen LogP contribution in [0, 0.1) is 5.92 Å². The van der Waals surface area contributed by atoms with Crippen molar-refractivity contribution in [1.29, 1.82) is 0 Å². The van der Waals surface area contributed by atoms with Gasteiger partial charge < -0.3 is 9.88 Å². The Morgan fingerprint density at radius 1 is 1.48 bits per heavy atom. The minimum atomic E-state index is -4.53. The summed E-state index contributed by atoms with van der Waals surface area (Å²) in [5.74, 6) is -0.694. The molecule has 21 heavy (non-hydrogen) atoms. The first kappa shape index (κ1) is 15.9. The Labute approximate surface area is 120 Å². The van der Waals surface area contributed by atoms with Gasteiger partial charge in [-0.2, -0.15) is 13.2 Å². The number of hydrogen-bond acceptors (Lipinski definition) is 3. The second-order valence-corrected chi connectivity index (χ2v) is 7.48. The van der Waals surface area contributed by atoms with Crippen molar-refractivity contribution in [1.82, 2.24) is 9.88 Å². The monoisotopic (exact) mass is 324 g/mol. The third kappa shape index (κ3) is 3.99. The number of rotatable bonds is 3. The van der Waals surface area contributed by atoms with Crippen molar-refractivity contribution in [3.8, 4) is 0 Å². The molecule has 0 bridgehead atoms. The highest BCUT2D eigenvalue weighted by atomic mass is 32.2. The van der Waals surface area contributed by atoms with Gasteiger partial charge in [0.05, 0.1) is 11.3 Å². The fourth-order valence-electron chi connectivity index (χ4n) is 2.45. The Hall–Kier alpha value is -1.51. The number of aromatic nitrogens is 1. The standard InChI is InChI=1S/C12H15F3N2O3S/c1-21(19,20)7-8-2-3-17(6-8)11(18)9-4-10(16-5-9)12(13,14)15/h4-5,8,16H,2-3,6-7H2,1H3/t8-/m0/s1. The molecule has 118 valence electrons. The minimum absolute atomic E-state index is 0.0162. The maximum absolute atomic E-state index is 12.5. The Morgan fingerprint density at radius 3 is 2.67 bits per heavy atom. The summed E-state index contributed by atoms with van der Waals surface area (Å²) in [6.45, 7) is 0.601. The zero-order chi connectivity index (χ0) is 15.8. The van der Waals surface area contributed by atoms with Gasteiger partial charge in [-0.05, 0) is 18.4 Å². The van der Waals surface area contributed by atoms with Crippen molar-refractivity contribution in [2.24, 2.45) is 5.92 Å². The lowest BCUT2D eigenvalue weighted by Crippen LogP contribution is -2.29. The van der Waals surface area contributed by atoms with E-state index in [0.717, 1.165) is 18.5 Å². The minimum Gasteiger partial charge on any atom is -0.357 e. The van der Waals surface area contributed by atoms with Crippen molar-refractivity contribution < 1.29 is 26.4 Å². The third-order valence-electron chi connectivity index (χ3n) is 3.35. The summed E-state index contributed by atoms with van der Waals surface area (Å²) >= 11 is 0. The molecule has 0 unspecified atom stereocenters. The van der Waals surface area contributed by atoms with Gasteiger partial charge in [-0.25, -0.2) is 8.42 Å². The molecule has 1 aromatic heterocycles. The van der Waals surface area contributed by atoms with Gasteiger partial charge in [-0.3, -0.25) is 4.79 Å². The van der Waals surface area contributed by atoms with Gasteiger partial charge >= 0.3 is 6.18 Å². The predicted molar refractivity (Wildman–Crippen MR) is 69.5 cm³/mol. The van der Waals surface area contributed by atoms with Crippen LogP contribution >= 0.6 is 0 Å². The van der Waals surface area contributed by atoms with E-state index in [-0.39, 0.29) is 23.8 Å². The Morgan fingerprint density at radius 2 is 2.14 bits per heavy atom. The van der Waals surface area contributed by atoms with Gasteiger partial charge in [0, 0.05) is 25.5 Å². The van der Waals surface area contributed by atoms with E-state index in [2.05, 4.69) is 0 Å². The number of alkyl halides is 3. The van der Waals surface area contributed by atoms with E-state index in [4.69, 9.17) is 0 Å². The van der Waals surface area contributed by atoms with Crippen molar-refractivity contribution in [3.63, 3.8) is 0 Å². The lowest BCUT2D eigenvalue weighted by atomic mass is 10.2. The number of nitrogens with zero attached hydrogens (tertiary/aromatic N) is 1. The number of amides is 1. The van der Waals surface area contributed by atoms with Gasteiger partial charge in [-0.15, -0.1) is 0 Å². The number of nitrogens with one attached hydrogen (secondary N) is 1. The zero-order valence-corrected chi connectivity index (χ0v) is 12.1. The number of carbonyl (C=O) groups is 1. The SMILES string of the molecule is CS(=O)(=O)C[C@H]1CCN(C(=O)c2c[nH]c(C(F)(F)F)c2)C1. The van der Waals surface area contributed by atoms with Crippen LogP contribution in [0.25, 0.3) is 0 Å². The summed E-state index contributed by atoms with van der Waals surface area (Å²) in [5, 5.41) is 0. The molecule has 9 heteroatoms. The summed E-state index contributed by atoms with van der Waals surface area (Å²) in [6.07, 6.45) is -1.84. The maximum Gasteiger partial charge on any atom is 0.431 e. The van der Waals surface area contributed by atoms with Gasteiger partial charge in [0.1, 0.15) is 15.5 Å². The van der Waals surface area contributed by atoms with Crippen LogP contribution in [0.4, 0.5) is 13.2 Å². The van der Waals surface area contributed by atoms with Gasteiger partial charge in [0.2, 0.25) is 0 Å². The Bertz CT molecular complexity index is 636. The van der Waals surface area contributed by atoms with Crippen LogP contribution in [0.2, 0.25) is 0 Å². The quantitative estimate of drug-likeness (QED) is 0.917. The van der Waals surface area contributed by atoms with Gasteiger partial charge in [0.15, 0.2) is 0 Å². The lowest BCUT2D eigenvalue weighted by molar-refractivity contribution is -0.140. The van der Waals surface area contributed by atoms with E-state index < -0.39 is 27.6 Å². The second-order valence-electron chi connectivity index (χ2n) is 5.30. The molecule has 1 atom stereocenters. The van der Waals surface area contributed by atoms with Crippen molar-refractivity contribution in [2.45, 2.75) is 12.6 Å². The van der Waals surface area contributed by atoms with E-state index >= 15 is 0 Å². The first-order valence-corrected chi connectivity index (χ1v) is 8.35. The second kappa shape index (κ2) is 5.36.